The van der Waals surface area contributed by atoms with Gasteiger partial charge in [-0.05, 0) is 36.8 Å². The van der Waals surface area contributed by atoms with Gasteiger partial charge >= 0.3 is 0 Å². The number of anilines is 3. The molecule has 7 heteroatoms. The maximum absolute atomic E-state index is 12.5. The molecule has 2 amide bonds. The summed E-state index contributed by atoms with van der Waals surface area (Å²) in [5, 5.41) is 12.6. The second-order valence-electron chi connectivity index (χ2n) is 8.08. The highest BCUT2D eigenvalue weighted by molar-refractivity contribution is 6.05. The number of hydrogen-bond acceptors (Lipinski definition) is 5. The molecule has 0 aliphatic carbocycles. The summed E-state index contributed by atoms with van der Waals surface area (Å²) in [5.74, 6) is -0.186. The van der Waals surface area contributed by atoms with Crippen LogP contribution in [-0.2, 0) is 10.2 Å². The Kier molecular flexibility index (Phi) is 6.20. The van der Waals surface area contributed by atoms with Crippen molar-refractivity contribution in [2.45, 2.75) is 33.1 Å². The third-order valence-corrected chi connectivity index (χ3v) is 4.51. The van der Waals surface area contributed by atoms with Crippen LogP contribution in [0.2, 0.25) is 0 Å². The largest absolute Gasteiger partial charge is 0.376 e. The number of aryl methyl sites for hydroxylation is 1. The smallest absolute Gasteiger partial charge is 0.255 e. The molecule has 0 unspecified atom stereocenters. The van der Waals surface area contributed by atoms with Crippen molar-refractivity contribution < 1.29 is 14.1 Å². The summed E-state index contributed by atoms with van der Waals surface area (Å²) >= 11 is 0. The summed E-state index contributed by atoms with van der Waals surface area (Å²) < 4.78 is 5.18. The molecule has 30 heavy (non-hydrogen) atoms. The molecule has 1 aromatic heterocycles. The molecule has 0 saturated carbocycles. The Bertz CT molecular complexity index is 1040. The van der Waals surface area contributed by atoms with E-state index in [2.05, 4.69) is 21.1 Å². The lowest BCUT2D eigenvalue weighted by Crippen LogP contribution is -2.22. The van der Waals surface area contributed by atoms with E-state index in [1.165, 1.54) is 0 Å². The maximum atomic E-state index is 12.5. The fraction of sp³-hybridized carbons (Fsp3) is 0.261. The van der Waals surface area contributed by atoms with E-state index in [1.54, 1.807) is 18.2 Å². The number of carbonyl (C=O) groups excluding carboxylic acids is 2. The van der Waals surface area contributed by atoms with Crippen molar-refractivity contribution in [1.29, 1.82) is 0 Å². The van der Waals surface area contributed by atoms with E-state index in [9.17, 15) is 9.59 Å². The van der Waals surface area contributed by atoms with Crippen molar-refractivity contribution >= 4 is 29.1 Å². The number of aromatic nitrogens is 1. The molecule has 0 spiro atoms. The summed E-state index contributed by atoms with van der Waals surface area (Å²) in [5.41, 5.74) is 3.45. The lowest BCUT2D eigenvalue weighted by molar-refractivity contribution is -0.114. The first-order valence-electron chi connectivity index (χ1n) is 9.70. The van der Waals surface area contributed by atoms with Crippen LogP contribution in [0.25, 0.3) is 0 Å². The molecule has 0 radical (unpaired) electrons. The Labute approximate surface area is 175 Å². The van der Waals surface area contributed by atoms with Crippen molar-refractivity contribution in [1.82, 2.24) is 5.16 Å². The van der Waals surface area contributed by atoms with Gasteiger partial charge in [-0.1, -0.05) is 50.2 Å². The van der Waals surface area contributed by atoms with Crippen molar-refractivity contribution in [2.24, 2.45) is 0 Å². The Balaban J connectivity index is 1.61. The Morgan fingerprint density at radius 2 is 1.73 bits per heavy atom. The zero-order chi connectivity index (χ0) is 21.7. The minimum absolute atomic E-state index is 0.0240. The van der Waals surface area contributed by atoms with E-state index in [-0.39, 0.29) is 23.8 Å². The molecule has 7 nitrogen and oxygen atoms in total. The van der Waals surface area contributed by atoms with Crippen molar-refractivity contribution in [3.63, 3.8) is 0 Å². The minimum Gasteiger partial charge on any atom is -0.376 e. The van der Waals surface area contributed by atoms with Crippen LogP contribution in [0.4, 0.5) is 17.3 Å². The molecule has 0 aliphatic rings. The Morgan fingerprint density at radius 1 is 1.00 bits per heavy atom. The van der Waals surface area contributed by atoms with Crippen LogP contribution in [0.15, 0.2) is 59.1 Å². The predicted octanol–water partition coefficient (Wildman–Crippen LogP) is 4.58. The number of para-hydroxylation sites is 1. The zero-order valence-corrected chi connectivity index (χ0v) is 17.6. The molecule has 0 saturated heterocycles. The monoisotopic (exact) mass is 406 g/mol. The third kappa shape index (κ3) is 5.47. The minimum atomic E-state index is -0.273. The highest BCUT2D eigenvalue weighted by Gasteiger charge is 2.19. The van der Waals surface area contributed by atoms with Crippen molar-refractivity contribution in [3.8, 4) is 0 Å². The molecule has 0 atom stereocenters. The van der Waals surface area contributed by atoms with Gasteiger partial charge in [0.2, 0.25) is 11.8 Å². The van der Waals surface area contributed by atoms with E-state index >= 15 is 0 Å². The lowest BCUT2D eigenvalue weighted by Gasteiger charge is -2.12. The first-order chi connectivity index (χ1) is 14.2. The number of amides is 2. The summed E-state index contributed by atoms with van der Waals surface area (Å²) in [4.78, 5) is 24.8. The van der Waals surface area contributed by atoms with Crippen molar-refractivity contribution in [3.05, 3.63) is 71.4 Å². The Morgan fingerprint density at radius 3 is 2.40 bits per heavy atom. The first kappa shape index (κ1) is 21.1. The van der Waals surface area contributed by atoms with E-state index in [4.69, 9.17) is 4.52 Å². The summed E-state index contributed by atoms with van der Waals surface area (Å²) in [6.45, 7) is 7.98. The van der Waals surface area contributed by atoms with Gasteiger partial charge in [-0.2, -0.15) is 0 Å². The molecule has 0 aliphatic heterocycles. The van der Waals surface area contributed by atoms with E-state index in [0.29, 0.717) is 17.1 Å². The molecular weight excluding hydrogens is 380 g/mol. The number of rotatable bonds is 6. The molecule has 2 aromatic carbocycles. The average Bonchev–Trinajstić information content (AvgIpc) is 3.17. The second kappa shape index (κ2) is 8.82. The number of nitrogens with zero attached hydrogens (tertiary/aromatic N) is 1. The number of carbonyl (C=O) groups is 2. The number of benzene rings is 2. The van der Waals surface area contributed by atoms with Crippen molar-refractivity contribution in [2.75, 3.05) is 22.5 Å². The summed E-state index contributed by atoms with van der Waals surface area (Å²) in [6, 6.07) is 16.3. The van der Waals surface area contributed by atoms with Crippen LogP contribution >= 0.6 is 0 Å². The SMILES string of the molecule is Cc1ccc(C(=O)Nc2ccccc2)cc1NCC(=O)Nc1cc(C(C)(C)C)no1. The highest BCUT2D eigenvalue weighted by atomic mass is 16.5. The van der Waals surface area contributed by atoms with Crippen LogP contribution in [0.1, 0.15) is 42.4 Å². The average molecular weight is 406 g/mol. The van der Waals surface area contributed by atoms with Gasteiger partial charge in [0.15, 0.2) is 0 Å². The molecule has 0 bridgehead atoms. The summed E-state index contributed by atoms with van der Waals surface area (Å²) in [7, 11) is 0. The fourth-order valence-electron chi connectivity index (χ4n) is 2.72. The molecule has 3 aromatic rings. The van der Waals surface area contributed by atoms with Gasteiger partial charge in [-0.25, -0.2) is 0 Å². The van der Waals surface area contributed by atoms with Gasteiger partial charge in [-0.15, -0.1) is 0 Å². The van der Waals surface area contributed by atoms with E-state index in [0.717, 1.165) is 16.9 Å². The van der Waals surface area contributed by atoms with E-state index in [1.807, 2.05) is 64.1 Å². The quantitative estimate of drug-likeness (QED) is 0.557. The van der Waals surface area contributed by atoms with Gasteiger partial charge in [0.1, 0.15) is 0 Å². The molecule has 0 fully saturated rings. The van der Waals surface area contributed by atoms with Gasteiger partial charge in [0.25, 0.3) is 5.91 Å². The van der Waals surface area contributed by atoms with Gasteiger partial charge in [0, 0.05) is 28.4 Å². The highest BCUT2D eigenvalue weighted by Crippen LogP contribution is 2.23. The Hall–Kier alpha value is -3.61. The molecule has 156 valence electrons. The van der Waals surface area contributed by atoms with Crippen LogP contribution in [0, 0.1) is 6.92 Å². The van der Waals surface area contributed by atoms with E-state index < -0.39 is 0 Å². The predicted molar refractivity (Wildman–Crippen MR) is 118 cm³/mol. The van der Waals surface area contributed by atoms with Crippen LogP contribution in [0.5, 0.6) is 0 Å². The fourth-order valence-corrected chi connectivity index (χ4v) is 2.72. The van der Waals surface area contributed by atoms with Gasteiger partial charge in [0.05, 0.1) is 12.2 Å². The second-order valence-corrected chi connectivity index (χ2v) is 8.08. The first-order valence-corrected chi connectivity index (χ1v) is 9.70. The van der Waals surface area contributed by atoms with Crippen LogP contribution in [-0.4, -0.2) is 23.5 Å². The zero-order valence-electron chi connectivity index (χ0n) is 17.6. The molecule has 3 N–H and O–H groups in total. The standard InChI is InChI=1S/C23H26N4O3/c1-15-10-11-16(22(29)25-17-8-6-5-7-9-17)12-18(15)24-14-20(28)26-21-13-19(27-30-21)23(2,3)4/h5-13,24H,14H2,1-4H3,(H,25,29)(H,26,28). The molecule has 3 rings (SSSR count). The number of nitrogens with one attached hydrogen (secondary N) is 3. The third-order valence-electron chi connectivity index (χ3n) is 4.51. The number of hydrogen-bond donors (Lipinski definition) is 3. The normalized spacial score (nSPS) is 11.1. The maximum Gasteiger partial charge on any atom is 0.255 e. The molecular formula is C23H26N4O3. The topological polar surface area (TPSA) is 96.3 Å². The molecule has 1 heterocycles. The van der Waals surface area contributed by atoms with Gasteiger partial charge < -0.3 is 15.2 Å². The summed E-state index contributed by atoms with van der Waals surface area (Å²) in [6.07, 6.45) is 0. The van der Waals surface area contributed by atoms with Gasteiger partial charge in [-0.3, -0.25) is 14.9 Å². The van der Waals surface area contributed by atoms with Crippen LogP contribution in [0.3, 0.4) is 0 Å². The van der Waals surface area contributed by atoms with Crippen LogP contribution < -0.4 is 16.0 Å². The lowest BCUT2D eigenvalue weighted by atomic mass is 9.92.